The summed E-state index contributed by atoms with van der Waals surface area (Å²) in [4.78, 5) is 5.59. The molecule has 2 N–H and O–H groups in total. The summed E-state index contributed by atoms with van der Waals surface area (Å²) in [5, 5.41) is 0. The normalized spacial score (nSPS) is 11.6. The van der Waals surface area contributed by atoms with Crippen LogP contribution in [-0.4, -0.2) is 31.3 Å². The van der Waals surface area contributed by atoms with Crippen molar-refractivity contribution in [1.82, 2.24) is 4.98 Å². The summed E-state index contributed by atoms with van der Waals surface area (Å²) < 4.78 is 36.1. The molecule has 0 saturated carbocycles. The summed E-state index contributed by atoms with van der Waals surface area (Å²) in [6.45, 7) is 0.442. The molecule has 0 fully saturated rings. The number of nitrogens with two attached hydrogens (primary N) is 1. The van der Waals surface area contributed by atoms with Gasteiger partial charge in [-0.1, -0.05) is 6.07 Å². The highest BCUT2D eigenvalue weighted by Crippen LogP contribution is 2.20. The third-order valence-electron chi connectivity index (χ3n) is 2.36. The van der Waals surface area contributed by atoms with Gasteiger partial charge in [-0.25, -0.2) is 4.98 Å². The summed E-state index contributed by atoms with van der Waals surface area (Å²) in [5.74, 6) is 0.537. The second kappa shape index (κ2) is 5.86. The zero-order valence-electron chi connectivity index (χ0n) is 9.67. The highest BCUT2D eigenvalue weighted by atomic mass is 19.4. The van der Waals surface area contributed by atoms with Crippen LogP contribution in [0.25, 0.3) is 0 Å². The molecule has 1 rings (SSSR count). The Bertz CT molecular complexity index is 335. The fraction of sp³-hybridized carbons (Fsp3) is 0.545. The topological polar surface area (TPSA) is 42.1 Å². The van der Waals surface area contributed by atoms with Gasteiger partial charge in [0.05, 0.1) is 6.42 Å². The van der Waals surface area contributed by atoms with E-state index in [1.807, 2.05) is 6.07 Å². The molecule has 0 atom stereocenters. The van der Waals surface area contributed by atoms with Crippen LogP contribution in [0.2, 0.25) is 0 Å². The minimum Gasteiger partial charge on any atom is -0.359 e. The van der Waals surface area contributed by atoms with E-state index in [-0.39, 0.29) is 6.54 Å². The molecule has 0 bridgehead atoms. The minimum atomic E-state index is -4.13. The van der Waals surface area contributed by atoms with Crippen LogP contribution in [0.3, 0.4) is 0 Å². The summed E-state index contributed by atoms with van der Waals surface area (Å²) in [6, 6.07) is 3.54. The average Bonchev–Trinajstić information content (AvgIpc) is 2.26. The number of halogens is 3. The van der Waals surface area contributed by atoms with E-state index in [0.29, 0.717) is 12.4 Å². The summed E-state index contributed by atoms with van der Waals surface area (Å²) in [5.41, 5.74) is 6.38. The minimum absolute atomic E-state index is 0.0905. The van der Waals surface area contributed by atoms with Crippen LogP contribution in [0.1, 0.15) is 12.0 Å². The van der Waals surface area contributed by atoms with Crippen molar-refractivity contribution in [3.63, 3.8) is 0 Å². The van der Waals surface area contributed by atoms with Crippen molar-refractivity contribution in [3.8, 4) is 0 Å². The van der Waals surface area contributed by atoms with Gasteiger partial charge in [-0.3, -0.25) is 0 Å². The van der Waals surface area contributed by atoms with Crippen molar-refractivity contribution < 1.29 is 13.2 Å². The molecular formula is C11H16F3N3. The Kier molecular flexibility index (Phi) is 4.74. The number of nitrogens with zero attached hydrogens (tertiary/aromatic N) is 2. The van der Waals surface area contributed by atoms with Crippen molar-refractivity contribution in [3.05, 3.63) is 23.9 Å². The van der Waals surface area contributed by atoms with E-state index >= 15 is 0 Å². The second-order valence-electron chi connectivity index (χ2n) is 3.85. The smallest absolute Gasteiger partial charge is 0.359 e. The lowest BCUT2D eigenvalue weighted by Crippen LogP contribution is -2.24. The Morgan fingerprint density at radius 2 is 2.06 bits per heavy atom. The van der Waals surface area contributed by atoms with Crippen LogP contribution in [0, 0.1) is 0 Å². The Hall–Kier alpha value is -1.30. The SMILES string of the molecule is CN(CCC(F)(F)F)c1ccc(CCN)cn1. The van der Waals surface area contributed by atoms with Crippen molar-refractivity contribution >= 4 is 5.82 Å². The van der Waals surface area contributed by atoms with Gasteiger partial charge in [0.1, 0.15) is 5.82 Å². The molecule has 0 saturated heterocycles. The third-order valence-corrected chi connectivity index (χ3v) is 2.36. The Labute approximate surface area is 98.4 Å². The van der Waals surface area contributed by atoms with Crippen LogP contribution in [0.5, 0.6) is 0 Å². The largest absolute Gasteiger partial charge is 0.390 e. The van der Waals surface area contributed by atoms with Crippen LogP contribution in [0.15, 0.2) is 18.3 Å². The number of rotatable bonds is 5. The molecule has 1 heterocycles. The first-order chi connectivity index (χ1) is 7.92. The lowest BCUT2D eigenvalue weighted by Gasteiger charge is -2.19. The molecule has 6 heteroatoms. The molecule has 0 aromatic carbocycles. The van der Waals surface area contributed by atoms with Crippen LogP contribution >= 0.6 is 0 Å². The summed E-state index contributed by atoms with van der Waals surface area (Å²) in [7, 11) is 1.59. The van der Waals surface area contributed by atoms with Gasteiger partial charge >= 0.3 is 6.18 Å². The first kappa shape index (κ1) is 13.8. The standard InChI is InChI=1S/C11H16F3N3/c1-17(7-5-11(12,13)14)10-3-2-9(4-6-15)8-16-10/h2-3,8H,4-7,15H2,1H3. The maximum atomic E-state index is 12.0. The van der Waals surface area contributed by atoms with Gasteiger partial charge in [0.15, 0.2) is 0 Å². The predicted octanol–water partition coefficient (Wildman–Crippen LogP) is 1.97. The van der Waals surface area contributed by atoms with Gasteiger partial charge in [-0.2, -0.15) is 13.2 Å². The quantitative estimate of drug-likeness (QED) is 0.865. The molecule has 0 aliphatic heterocycles. The number of hydrogen-bond acceptors (Lipinski definition) is 3. The van der Waals surface area contributed by atoms with Crippen LogP contribution in [-0.2, 0) is 6.42 Å². The van der Waals surface area contributed by atoms with Crippen LogP contribution in [0.4, 0.5) is 19.0 Å². The number of pyridine rings is 1. The fourth-order valence-corrected chi connectivity index (χ4v) is 1.37. The molecule has 0 aliphatic carbocycles. The van der Waals surface area contributed by atoms with E-state index in [1.54, 1.807) is 19.3 Å². The molecule has 1 aromatic heterocycles. The molecule has 0 spiro atoms. The highest BCUT2D eigenvalue weighted by Gasteiger charge is 2.27. The molecule has 0 aliphatic rings. The average molecular weight is 247 g/mol. The predicted molar refractivity (Wildman–Crippen MR) is 60.9 cm³/mol. The van der Waals surface area contributed by atoms with Crippen molar-refractivity contribution in [2.75, 3.05) is 25.0 Å². The molecule has 96 valence electrons. The summed E-state index contributed by atoms with van der Waals surface area (Å²) >= 11 is 0. The van der Waals surface area contributed by atoms with Gasteiger partial charge < -0.3 is 10.6 Å². The lowest BCUT2D eigenvalue weighted by molar-refractivity contribution is -0.132. The maximum Gasteiger partial charge on any atom is 0.390 e. The van der Waals surface area contributed by atoms with E-state index in [2.05, 4.69) is 4.98 Å². The molecule has 17 heavy (non-hydrogen) atoms. The zero-order valence-corrected chi connectivity index (χ0v) is 9.67. The van der Waals surface area contributed by atoms with Gasteiger partial charge in [0, 0.05) is 19.8 Å². The number of hydrogen-bond donors (Lipinski definition) is 1. The Morgan fingerprint density at radius 1 is 1.35 bits per heavy atom. The number of aromatic nitrogens is 1. The van der Waals surface area contributed by atoms with Crippen molar-refractivity contribution in [2.45, 2.75) is 19.0 Å². The van der Waals surface area contributed by atoms with E-state index in [9.17, 15) is 13.2 Å². The number of anilines is 1. The highest BCUT2D eigenvalue weighted by molar-refractivity contribution is 5.38. The molecule has 0 amide bonds. The van der Waals surface area contributed by atoms with Crippen molar-refractivity contribution in [1.29, 1.82) is 0 Å². The monoisotopic (exact) mass is 247 g/mol. The molecule has 3 nitrogen and oxygen atoms in total. The van der Waals surface area contributed by atoms with E-state index in [4.69, 9.17) is 5.73 Å². The van der Waals surface area contributed by atoms with Gasteiger partial charge in [0.2, 0.25) is 0 Å². The van der Waals surface area contributed by atoms with E-state index < -0.39 is 12.6 Å². The van der Waals surface area contributed by atoms with E-state index in [1.165, 1.54) is 4.90 Å². The second-order valence-corrected chi connectivity index (χ2v) is 3.85. The Morgan fingerprint density at radius 3 is 2.53 bits per heavy atom. The van der Waals surface area contributed by atoms with Gasteiger partial charge in [0.25, 0.3) is 0 Å². The van der Waals surface area contributed by atoms with Gasteiger partial charge in [-0.15, -0.1) is 0 Å². The maximum absolute atomic E-state index is 12.0. The molecule has 0 radical (unpaired) electrons. The first-order valence-corrected chi connectivity index (χ1v) is 5.35. The van der Waals surface area contributed by atoms with Gasteiger partial charge in [-0.05, 0) is 24.6 Å². The fourth-order valence-electron chi connectivity index (χ4n) is 1.37. The molecule has 1 aromatic rings. The lowest BCUT2D eigenvalue weighted by atomic mass is 10.2. The Balaban J connectivity index is 2.54. The molecule has 0 unspecified atom stereocenters. The summed E-state index contributed by atoms with van der Waals surface area (Å²) in [6.07, 6.45) is -2.60. The van der Waals surface area contributed by atoms with Crippen LogP contribution < -0.4 is 10.6 Å². The van der Waals surface area contributed by atoms with E-state index in [0.717, 1.165) is 12.0 Å². The van der Waals surface area contributed by atoms with Crippen molar-refractivity contribution in [2.24, 2.45) is 5.73 Å². The molecular weight excluding hydrogens is 231 g/mol. The first-order valence-electron chi connectivity index (χ1n) is 5.35. The zero-order chi connectivity index (χ0) is 12.9. The third kappa shape index (κ3) is 5.04. The number of alkyl halides is 3.